The molecule has 3 nitrogen and oxygen atoms in total. The normalized spacial score (nSPS) is 12.6. The maximum atomic E-state index is 13.8. The van der Waals surface area contributed by atoms with E-state index >= 15 is 0 Å². The van der Waals surface area contributed by atoms with Crippen LogP contribution in [0.4, 0.5) is 4.39 Å². The molecule has 0 saturated carbocycles. The third kappa shape index (κ3) is 2.38. The summed E-state index contributed by atoms with van der Waals surface area (Å²) in [5.74, 6) is 0.570. The third-order valence-electron chi connectivity index (χ3n) is 2.87. The first-order chi connectivity index (χ1) is 8.29. The Morgan fingerprint density at radius 1 is 1.39 bits per heavy atom. The lowest BCUT2D eigenvalue weighted by Gasteiger charge is -2.20. The van der Waals surface area contributed by atoms with Gasteiger partial charge in [0.15, 0.2) is 5.82 Å². The van der Waals surface area contributed by atoms with Crippen LogP contribution in [0, 0.1) is 5.82 Å². The van der Waals surface area contributed by atoms with Crippen LogP contribution in [0.2, 0.25) is 0 Å². The molecule has 4 heteroatoms. The Morgan fingerprint density at radius 3 is 2.61 bits per heavy atom. The average Bonchev–Trinajstić information content (AvgIpc) is 2.54. The second-order valence-electron chi connectivity index (χ2n) is 5.76. The number of benzene rings is 1. The standard InChI is InChI=1S/C14H20FN3/c1-9(2)18-11-7-5-6-10(15)13(11)17-12(18)8-14(3,4)16/h5-7,9H,8,16H2,1-4H3. The molecule has 0 aliphatic carbocycles. The van der Waals surface area contributed by atoms with E-state index in [2.05, 4.69) is 23.4 Å². The third-order valence-corrected chi connectivity index (χ3v) is 2.87. The predicted molar refractivity (Wildman–Crippen MR) is 72.0 cm³/mol. The lowest BCUT2D eigenvalue weighted by Crippen LogP contribution is -2.35. The zero-order valence-electron chi connectivity index (χ0n) is 11.4. The van der Waals surface area contributed by atoms with E-state index < -0.39 is 0 Å². The second-order valence-corrected chi connectivity index (χ2v) is 5.76. The molecule has 1 aromatic carbocycles. The first kappa shape index (κ1) is 13.0. The Balaban J connectivity index is 2.65. The van der Waals surface area contributed by atoms with Crippen LogP contribution < -0.4 is 5.73 Å². The van der Waals surface area contributed by atoms with Crippen molar-refractivity contribution in [3.8, 4) is 0 Å². The number of hydrogen-bond acceptors (Lipinski definition) is 2. The molecule has 0 bridgehead atoms. The summed E-state index contributed by atoms with van der Waals surface area (Å²) < 4.78 is 15.8. The topological polar surface area (TPSA) is 43.8 Å². The van der Waals surface area contributed by atoms with Crippen LogP contribution >= 0.6 is 0 Å². The van der Waals surface area contributed by atoms with Crippen LogP contribution in [-0.2, 0) is 6.42 Å². The molecular weight excluding hydrogens is 229 g/mol. The average molecular weight is 249 g/mol. The number of rotatable bonds is 3. The minimum absolute atomic E-state index is 0.231. The Kier molecular flexibility index (Phi) is 3.15. The van der Waals surface area contributed by atoms with Gasteiger partial charge in [0.05, 0.1) is 5.52 Å². The molecule has 0 spiro atoms. The number of hydrogen-bond donors (Lipinski definition) is 1. The molecule has 0 aliphatic rings. The van der Waals surface area contributed by atoms with Crippen LogP contribution in [-0.4, -0.2) is 15.1 Å². The van der Waals surface area contributed by atoms with E-state index in [4.69, 9.17) is 5.73 Å². The molecule has 0 aliphatic heterocycles. The highest BCUT2D eigenvalue weighted by Gasteiger charge is 2.20. The van der Waals surface area contributed by atoms with Crippen molar-refractivity contribution in [2.45, 2.75) is 45.7 Å². The van der Waals surface area contributed by atoms with Crippen LogP contribution in [0.15, 0.2) is 18.2 Å². The Bertz CT molecular complexity index is 564. The summed E-state index contributed by atoms with van der Waals surface area (Å²) in [7, 11) is 0. The summed E-state index contributed by atoms with van der Waals surface area (Å²) in [6, 6.07) is 5.29. The van der Waals surface area contributed by atoms with Crippen molar-refractivity contribution in [1.82, 2.24) is 9.55 Å². The summed E-state index contributed by atoms with van der Waals surface area (Å²) in [4.78, 5) is 4.43. The number of para-hydroxylation sites is 1. The molecule has 2 rings (SSSR count). The van der Waals surface area contributed by atoms with Gasteiger partial charge in [-0.1, -0.05) is 6.07 Å². The van der Waals surface area contributed by atoms with Gasteiger partial charge in [0, 0.05) is 18.0 Å². The zero-order valence-corrected chi connectivity index (χ0v) is 11.4. The van der Waals surface area contributed by atoms with E-state index in [9.17, 15) is 4.39 Å². The van der Waals surface area contributed by atoms with Crippen molar-refractivity contribution in [1.29, 1.82) is 0 Å². The van der Waals surface area contributed by atoms with Crippen molar-refractivity contribution < 1.29 is 4.39 Å². The highest BCUT2D eigenvalue weighted by molar-refractivity contribution is 5.76. The number of nitrogens with two attached hydrogens (primary N) is 1. The predicted octanol–water partition coefficient (Wildman–Crippen LogP) is 3.04. The molecular formula is C14H20FN3. The Morgan fingerprint density at radius 2 is 2.06 bits per heavy atom. The lowest BCUT2D eigenvalue weighted by atomic mass is 10.0. The van der Waals surface area contributed by atoms with Crippen molar-refractivity contribution in [3.05, 3.63) is 29.8 Å². The van der Waals surface area contributed by atoms with Gasteiger partial charge in [-0.3, -0.25) is 0 Å². The molecule has 0 saturated heterocycles. The molecule has 0 radical (unpaired) electrons. The summed E-state index contributed by atoms with van der Waals surface area (Å²) in [6.07, 6.45) is 0.624. The fourth-order valence-electron chi connectivity index (χ4n) is 2.24. The first-order valence-electron chi connectivity index (χ1n) is 6.24. The Labute approximate surface area is 107 Å². The van der Waals surface area contributed by atoms with Gasteiger partial charge >= 0.3 is 0 Å². The molecule has 2 aromatic rings. The van der Waals surface area contributed by atoms with Gasteiger partial charge in [0.1, 0.15) is 11.3 Å². The van der Waals surface area contributed by atoms with Crippen molar-refractivity contribution in [3.63, 3.8) is 0 Å². The van der Waals surface area contributed by atoms with Crippen LogP contribution in [0.1, 0.15) is 39.6 Å². The molecule has 0 atom stereocenters. The van der Waals surface area contributed by atoms with E-state index in [-0.39, 0.29) is 17.4 Å². The second kappa shape index (κ2) is 4.35. The van der Waals surface area contributed by atoms with E-state index in [1.807, 2.05) is 19.9 Å². The fraction of sp³-hybridized carbons (Fsp3) is 0.500. The number of nitrogens with zero attached hydrogens (tertiary/aromatic N) is 2. The SMILES string of the molecule is CC(C)n1c(CC(C)(C)N)nc2c(F)cccc21. The van der Waals surface area contributed by atoms with Gasteiger partial charge in [-0.05, 0) is 39.8 Å². The summed E-state index contributed by atoms with van der Waals surface area (Å²) >= 11 is 0. The molecule has 18 heavy (non-hydrogen) atoms. The maximum Gasteiger partial charge on any atom is 0.151 e. The minimum atomic E-state index is -0.357. The largest absolute Gasteiger partial charge is 0.325 e. The molecule has 0 fully saturated rings. The van der Waals surface area contributed by atoms with Crippen molar-refractivity contribution in [2.24, 2.45) is 5.73 Å². The molecule has 1 aromatic heterocycles. The van der Waals surface area contributed by atoms with E-state index in [0.717, 1.165) is 11.3 Å². The molecule has 1 heterocycles. The Hall–Kier alpha value is -1.42. The molecule has 0 amide bonds. The van der Waals surface area contributed by atoms with Gasteiger partial charge in [0.2, 0.25) is 0 Å². The van der Waals surface area contributed by atoms with Crippen LogP contribution in [0.5, 0.6) is 0 Å². The van der Waals surface area contributed by atoms with Crippen molar-refractivity contribution >= 4 is 11.0 Å². The van der Waals surface area contributed by atoms with E-state index in [1.54, 1.807) is 6.07 Å². The monoisotopic (exact) mass is 249 g/mol. The van der Waals surface area contributed by atoms with Crippen molar-refractivity contribution in [2.75, 3.05) is 0 Å². The quantitative estimate of drug-likeness (QED) is 0.908. The number of imidazole rings is 1. The van der Waals surface area contributed by atoms with Gasteiger partial charge in [0.25, 0.3) is 0 Å². The minimum Gasteiger partial charge on any atom is -0.325 e. The van der Waals surface area contributed by atoms with Crippen LogP contribution in [0.25, 0.3) is 11.0 Å². The van der Waals surface area contributed by atoms with E-state index in [0.29, 0.717) is 11.9 Å². The van der Waals surface area contributed by atoms with Gasteiger partial charge < -0.3 is 10.3 Å². The number of aromatic nitrogens is 2. The van der Waals surface area contributed by atoms with Gasteiger partial charge in [-0.2, -0.15) is 0 Å². The molecule has 0 unspecified atom stereocenters. The molecule has 2 N–H and O–H groups in total. The highest BCUT2D eigenvalue weighted by Crippen LogP contribution is 2.24. The van der Waals surface area contributed by atoms with E-state index in [1.165, 1.54) is 6.07 Å². The zero-order chi connectivity index (χ0) is 13.5. The smallest absolute Gasteiger partial charge is 0.151 e. The van der Waals surface area contributed by atoms with Gasteiger partial charge in [-0.15, -0.1) is 0 Å². The fourth-order valence-corrected chi connectivity index (χ4v) is 2.24. The molecule has 98 valence electrons. The summed E-state index contributed by atoms with van der Waals surface area (Å²) in [5, 5.41) is 0. The summed E-state index contributed by atoms with van der Waals surface area (Å²) in [5.41, 5.74) is 6.97. The van der Waals surface area contributed by atoms with Gasteiger partial charge in [-0.25, -0.2) is 9.37 Å². The summed E-state index contributed by atoms with van der Waals surface area (Å²) in [6.45, 7) is 8.04. The number of fused-ring (bicyclic) bond motifs is 1. The number of halogens is 1. The van der Waals surface area contributed by atoms with Crippen LogP contribution in [0.3, 0.4) is 0 Å². The lowest BCUT2D eigenvalue weighted by molar-refractivity contribution is 0.475. The highest BCUT2D eigenvalue weighted by atomic mass is 19.1. The maximum absolute atomic E-state index is 13.8. The first-order valence-corrected chi connectivity index (χ1v) is 6.24.